The molecule has 94 valence electrons. The molecule has 0 unspecified atom stereocenters. The normalized spacial score (nSPS) is 11.0. The average Bonchev–Trinajstić information content (AvgIpc) is 2.18. The molecule has 9 heteroatoms. The molecule has 0 radical (unpaired) electrons. The summed E-state index contributed by atoms with van der Waals surface area (Å²) in [7, 11) is -2.57. The second-order valence-corrected chi connectivity index (χ2v) is 4.88. The van der Waals surface area contributed by atoms with Gasteiger partial charge >= 0.3 is 5.69 Å². The maximum absolute atomic E-state index is 13.4. The number of rotatable bonds is 4. The summed E-state index contributed by atoms with van der Waals surface area (Å²) in [5, 5.41) is 10.6. The first-order chi connectivity index (χ1) is 7.74. The third-order valence-electron chi connectivity index (χ3n) is 1.76. The van der Waals surface area contributed by atoms with Gasteiger partial charge in [-0.2, -0.15) is 0 Å². The van der Waals surface area contributed by atoms with Gasteiger partial charge in [-0.15, -0.1) is 0 Å². The Morgan fingerprint density at radius 3 is 2.47 bits per heavy atom. The van der Waals surface area contributed by atoms with Crippen LogP contribution < -0.4 is 9.46 Å². The summed E-state index contributed by atoms with van der Waals surface area (Å²) >= 11 is 0. The molecule has 0 saturated heterocycles. The summed E-state index contributed by atoms with van der Waals surface area (Å²) in [5.41, 5.74) is -1.03. The van der Waals surface area contributed by atoms with Crippen molar-refractivity contribution in [3.63, 3.8) is 0 Å². The Hall–Kier alpha value is -1.90. The fourth-order valence-corrected chi connectivity index (χ4v) is 1.68. The van der Waals surface area contributed by atoms with Gasteiger partial charge in [-0.25, -0.2) is 12.8 Å². The molecule has 0 fully saturated rings. The molecule has 1 rings (SSSR count). The maximum atomic E-state index is 13.4. The number of ether oxygens (including phenoxy) is 1. The van der Waals surface area contributed by atoms with E-state index in [2.05, 4.69) is 4.74 Å². The van der Waals surface area contributed by atoms with Crippen molar-refractivity contribution in [2.45, 2.75) is 0 Å². The number of anilines is 1. The van der Waals surface area contributed by atoms with Crippen molar-refractivity contribution in [1.29, 1.82) is 0 Å². The standard InChI is InChI=1S/C8H9FN2O5S/c1-16-8-3-5(9)6(10-17(2,14)15)4-7(8)11(12)13/h3-4,10H,1-2H3. The van der Waals surface area contributed by atoms with E-state index >= 15 is 0 Å². The average molecular weight is 264 g/mol. The third-order valence-corrected chi connectivity index (χ3v) is 2.35. The predicted octanol–water partition coefficient (Wildman–Crippen LogP) is 1.11. The van der Waals surface area contributed by atoms with Crippen molar-refractivity contribution in [3.05, 3.63) is 28.1 Å². The fraction of sp³-hybridized carbons (Fsp3) is 0.250. The summed E-state index contributed by atoms with van der Waals surface area (Å²) in [6.45, 7) is 0. The van der Waals surface area contributed by atoms with Gasteiger partial charge in [0.05, 0.1) is 24.0 Å². The molecule has 1 aromatic carbocycles. The molecule has 17 heavy (non-hydrogen) atoms. The Labute approximate surface area is 96.4 Å². The van der Waals surface area contributed by atoms with Gasteiger partial charge in [0, 0.05) is 12.1 Å². The van der Waals surface area contributed by atoms with E-state index in [0.29, 0.717) is 0 Å². The molecule has 0 aromatic heterocycles. The molecule has 0 spiro atoms. The van der Waals surface area contributed by atoms with Crippen LogP contribution in [0.1, 0.15) is 0 Å². The largest absolute Gasteiger partial charge is 0.490 e. The Morgan fingerprint density at radius 1 is 1.47 bits per heavy atom. The highest BCUT2D eigenvalue weighted by Gasteiger charge is 2.20. The smallest absolute Gasteiger partial charge is 0.313 e. The number of benzene rings is 1. The SMILES string of the molecule is COc1cc(F)c(NS(C)(=O)=O)cc1[N+](=O)[O-]. The summed E-state index contributed by atoms with van der Waals surface area (Å²) in [6, 6.07) is 1.50. The topological polar surface area (TPSA) is 98.5 Å². The van der Waals surface area contributed by atoms with Crippen LogP contribution in [0, 0.1) is 15.9 Å². The van der Waals surface area contributed by atoms with Crippen LogP contribution in [0.4, 0.5) is 15.8 Å². The zero-order chi connectivity index (χ0) is 13.2. The molecule has 0 aliphatic heterocycles. The lowest BCUT2D eigenvalue weighted by Gasteiger charge is -2.07. The summed E-state index contributed by atoms with van der Waals surface area (Å²) in [4.78, 5) is 9.84. The number of hydrogen-bond acceptors (Lipinski definition) is 5. The zero-order valence-corrected chi connectivity index (χ0v) is 9.75. The second kappa shape index (κ2) is 4.53. The zero-order valence-electron chi connectivity index (χ0n) is 8.93. The Morgan fingerprint density at radius 2 is 2.06 bits per heavy atom. The summed E-state index contributed by atoms with van der Waals surface area (Å²) in [5.74, 6) is -1.25. The number of nitrogens with zero attached hydrogens (tertiary/aromatic N) is 1. The van der Waals surface area contributed by atoms with Crippen molar-refractivity contribution >= 4 is 21.4 Å². The van der Waals surface area contributed by atoms with E-state index in [4.69, 9.17) is 0 Å². The number of halogens is 1. The number of nitro groups is 1. The lowest BCUT2D eigenvalue weighted by atomic mass is 10.2. The lowest BCUT2D eigenvalue weighted by molar-refractivity contribution is -0.385. The van der Waals surface area contributed by atoms with Crippen molar-refractivity contribution in [2.75, 3.05) is 18.1 Å². The van der Waals surface area contributed by atoms with Gasteiger partial charge in [-0.1, -0.05) is 0 Å². The molecule has 0 aliphatic carbocycles. The van der Waals surface area contributed by atoms with Gasteiger partial charge in [0.15, 0.2) is 11.6 Å². The van der Waals surface area contributed by atoms with Crippen molar-refractivity contribution in [3.8, 4) is 5.75 Å². The lowest BCUT2D eigenvalue weighted by Crippen LogP contribution is -2.11. The minimum atomic E-state index is -3.72. The first kappa shape index (κ1) is 13.2. The van der Waals surface area contributed by atoms with Gasteiger partial charge < -0.3 is 4.74 Å². The summed E-state index contributed by atoms with van der Waals surface area (Å²) < 4.78 is 41.6. The van der Waals surface area contributed by atoms with E-state index < -0.39 is 32.1 Å². The van der Waals surface area contributed by atoms with Gasteiger partial charge in [-0.05, 0) is 0 Å². The first-order valence-corrected chi connectivity index (χ1v) is 6.13. The van der Waals surface area contributed by atoms with E-state index in [9.17, 15) is 22.9 Å². The molecule has 0 heterocycles. The Balaban J connectivity index is 3.34. The third kappa shape index (κ3) is 3.28. The van der Waals surface area contributed by atoms with Crippen LogP contribution in [0.3, 0.4) is 0 Å². The second-order valence-electron chi connectivity index (χ2n) is 3.14. The Bertz CT molecular complexity index is 557. The van der Waals surface area contributed by atoms with E-state index in [1.54, 1.807) is 0 Å². The van der Waals surface area contributed by atoms with E-state index in [1.807, 2.05) is 4.72 Å². The maximum Gasteiger partial charge on any atom is 0.313 e. The molecule has 0 saturated carbocycles. The van der Waals surface area contributed by atoms with Crippen LogP contribution in [0.5, 0.6) is 5.75 Å². The van der Waals surface area contributed by atoms with Crippen LogP contribution in [-0.4, -0.2) is 26.7 Å². The number of nitrogens with one attached hydrogen (secondary N) is 1. The number of nitro benzene ring substituents is 1. The molecule has 0 amide bonds. The van der Waals surface area contributed by atoms with Crippen LogP contribution >= 0.6 is 0 Å². The van der Waals surface area contributed by atoms with Gasteiger partial charge in [0.25, 0.3) is 0 Å². The van der Waals surface area contributed by atoms with Crippen LogP contribution in [0.2, 0.25) is 0 Å². The van der Waals surface area contributed by atoms with Gasteiger partial charge in [0.2, 0.25) is 10.0 Å². The number of methoxy groups -OCH3 is 1. The van der Waals surface area contributed by atoms with E-state index in [-0.39, 0.29) is 5.75 Å². The fourth-order valence-electron chi connectivity index (χ4n) is 1.13. The predicted molar refractivity (Wildman–Crippen MR) is 58.1 cm³/mol. The molecule has 1 aromatic rings. The monoisotopic (exact) mass is 264 g/mol. The highest BCUT2D eigenvalue weighted by Crippen LogP contribution is 2.32. The highest BCUT2D eigenvalue weighted by molar-refractivity contribution is 7.92. The minimum Gasteiger partial charge on any atom is -0.490 e. The number of hydrogen-bond donors (Lipinski definition) is 1. The molecule has 7 nitrogen and oxygen atoms in total. The molecule has 1 N–H and O–H groups in total. The van der Waals surface area contributed by atoms with Crippen molar-refractivity contribution in [2.24, 2.45) is 0 Å². The molecule has 0 bridgehead atoms. The summed E-state index contributed by atoms with van der Waals surface area (Å²) in [6.07, 6.45) is 0.808. The number of sulfonamides is 1. The van der Waals surface area contributed by atoms with Crippen LogP contribution in [0.25, 0.3) is 0 Å². The molecule has 0 aliphatic rings. The van der Waals surface area contributed by atoms with Gasteiger partial charge in [-0.3, -0.25) is 14.8 Å². The van der Waals surface area contributed by atoms with Crippen LogP contribution in [0.15, 0.2) is 12.1 Å². The minimum absolute atomic E-state index is 0.286. The highest BCUT2D eigenvalue weighted by atomic mass is 32.2. The Kier molecular flexibility index (Phi) is 3.51. The van der Waals surface area contributed by atoms with Crippen molar-refractivity contribution < 1.29 is 22.5 Å². The molecular weight excluding hydrogens is 255 g/mol. The first-order valence-electron chi connectivity index (χ1n) is 4.24. The molecular formula is C8H9FN2O5S. The van der Waals surface area contributed by atoms with Crippen molar-refractivity contribution in [1.82, 2.24) is 0 Å². The van der Waals surface area contributed by atoms with Gasteiger partial charge in [0.1, 0.15) is 0 Å². The quantitative estimate of drug-likeness (QED) is 0.648. The van der Waals surface area contributed by atoms with Crippen LogP contribution in [-0.2, 0) is 10.0 Å². The van der Waals surface area contributed by atoms with E-state index in [1.165, 1.54) is 0 Å². The molecule has 0 atom stereocenters. The van der Waals surface area contributed by atoms with E-state index in [0.717, 1.165) is 25.5 Å².